The average Bonchev–Trinajstić information content (AvgIpc) is 3.22. The molecule has 0 spiro atoms. The first-order chi connectivity index (χ1) is 14.7. The zero-order chi connectivity index (χ0) is 20.8. The Labute approximate surface area is 205 Å². The quantitative estimate of drug-likeness (QED) is 0.315. The molecule has 6 heteroatoms. The molecule has 2 aliphatic heterocycles. The van der Waals surface area contributed by atoms with E-state index in [0.29, 0.717) is 6.04 Å². The molecule has 2 heterocycles. The molecule has 1 aromatic rings. The van der Waals surface area contributed by atoms with Crippen LogP contribution >= 0.6 is 24.0 Å². The summed E-state index contributed by atoms with van der Waals surface area (Å²) in [5.74, 6) is 2.86. The van der Waals surface area contributed by atoms with Gasteiger partial charge in [0.05, 0.1) is 6.54 Å². The Kier molecular flexibility index (Phi) is 9.47. The second kappa shape index (κ2) is 11.8. The SMILES string of the molecule is CCNC(=NCC1(NC(C)c2ccccc2)CCOCC1)N1CC2CCCCC2C1.I. The van der Waals surface area contributed by atoms with Crippen molar-refractivity contribution in [3.05, 3.63) is 35.9 Å². The van der Waals surface area contributed by atoms with E-state index in [1.54, 1.807) is 0 Å². The molecular weight excluding hydrogens is 499 g/mol. The van der Waals surface area contributed by atoms with Gasteiger partial charge in [0.2, 0.25) is 0 Å². The van der Waals surface area contributed by atoms with E-state index in [0.717, 1.165) is 56.9 Å². The number of hydrogen-bond donors (Lipinski definition) is 2. The zero-order valence-electron chi connectivity index (χ0n) is 19.3. The number of nitrogens with zero attached hydrogens (tertiary/aromatic N) is 2. The summed E-state index contributed by atoms with van der Waals surface area (Å²) in [5, 5.41) is 7.55. The number of fused-ring (bicyclic) bond motifs is 1. The maximum atomic E-state index is 5.72. The third-order valence-electron chi connectivity index (χ3n) is 7.41. The molecule has 1 aliphatic carbocycles. The standard InChI is InChI=1S/C25H40N4O.HI/c1-3-26-24(29-17-22-11-7-8-12-23(22)18-29)27-19-25(13-15-30-16-14-25)28-20(2)21-9-5-4-6-10-21;/h4-6,9-10,20,22-23,28H,3,7-8,11-19H2,1-2H3,(H,26,27);1H. The van der Waals surface area contributed by atoms with Crippen LogP contribution in [0.1, 0.15) is 64.0 Å². The summed E-state index contributed by atoms with van der Waals surface area (Å²) in [5.41, 5.74) is 1.34. The van der Waals surface area contributed by atoms with Crippen molar-refractivity contribution < 1.29 is 4.74 Å². The van der Waals surface area contributed by atoms with Gasteiger partial charge in [-0.25, -0.2) is 0 Å². The Balaban J connectivity index is 0.00000272. The van der Waals surface area contributed by atoms with Gasteiger partial charge in [-0.3, -0.25) is 4.99 Å². The number of guanidine groups is 1. The minimum absolute atomic E-state index is 0. The summed E-state index contributed by atoms with van der Waals surface area (Å²) in [6.45, 7) is 10.2. The molecule has 3 aliphatic rings. The van der Waals surface area contributed by atoms with E-state index >= 15 is 0 Å². The third-order valence-corrected chi connectivity index (χ3v) is 7.41. The highest BCUT2D eigenvalue weighted by molar-refractivity contribution is 14.0. The van der Waals surface area contributed by atoms with Crippen molar-refractivity contribution in [2.75, 3.05) is 39.4 Å². The molecule has 3 unspecified atom stereocenters. The predicted octanol–water partition coefficient (Wildman–Crippen LogP) is 4.59. The van der Waals surface area contributed by atoms with Crippen molar-refractivity contribution in [3.8, 4) is 0 Å². The Morgan fingerprint density at radius 3 is 2.39 bits per heavy atom. The second-order valence-corrected chi connectivity index (χ2v) is 9.55. The van der Waals surface area contributed by atoms with Gasteiger partial charge in [0, 0.05) is 44.4 Å². The predicted molar refractivity (Wildman–Crippen MR) is 139 cm³/mol. The normalized spacial score (nSPS) is 26.6. The molecule has 1 saturated carbocycles. The number of halogens is 1. The number of rotatable bonds is 6. The lowest BCUT2D eigenvalue weighted by Gasteiger charge is -2.40. The number of ether oxygens (including phenoxy) is 1. The van der Waals surface area contributed by atoms with Gasteiger partial charge in [0.15, 0.2) is 5.96 Å². The Bertz CT molecular complexity index is 678. The fraction of sp³-hybridized carbons (Fsp3) is 0.720. The highest BCUT2D eigenvalue weighted by Gasteiger charge is 2.37. The number of aliphatic imine (C=N–C) groups is 1. The number of benzene rings is 1. The lowest BCUT2D eigenvalue weighted by Crippen LogP contribution is -2.53. The molecule has 3 fully saturated rings. The third kappa shape index (κ3) is 6.35. The molecule has 31 heavy (non-hydrogen) atoms. The van der Waals surface area contributed by atoms with E-state index in [1.165, 1.54) is 44.3 Å². The van der Waals surface area contributed by atoms with Gasteiger partial charge in [-0.15, -0.1) is 24.0 Å². The molecule has 3 atom stereocenters. The van der Waals surface area contributed by atoms with Crippen LogP contribution in [0.2, 0.25) is 0 Å². The Morgan fingerprint density at radius 2 is 1.77 bits per heavy atom. The van der Waals surface area contributed by atoms with Crippen molar-refractivity contribution in [3.63, 3.8) is 0 Å². The minimum Gasteiger partial charge on any atom is -0.381 e. The van der Waals surface area contributed by atoms with E-state index in [4.69, 9.17) is 9.73 Å². The maximum absolute atomic E-state index is 5.72. The monoisotopic (exact) mass is 540 g/mol. The van der Waals surface area contributed by atoms with Gasteiger partial charge in [-0.1, -0.05) is 43.2 Å². The van der Waals surface area contributed by atoms with Crippen LogP contribution in [0.5, 0.6) is 0 Å². The highest BCUT2D eigenvalue weighted by Crippen LogP contribution is 2.36. The fourth-order valence-electron chi connectivity index (χ4n) is 5.63. The van der Waals surface area contributed by atoms with Crippen LogP contribution < -0.4 is 10.6 Å². The van der Waals surface area contributed by atoms with E-state index in [9.17, 15) is 0 Å². The van der Waals surface area contributed by atoms with Crippen LogP contribution in [0.3, 0.4) is 0 Å². The van der Waals surface area contributed by atoms with Gasteiger partial charge in [-0.2, -0.15) is 0 Å². The van der Waals surface area contributed by atoms with Crippen LogP contribution in [-0.4, -0.2) is 55.8 Å². The molecule has 5 nitrogen and oxygen atoms in total. The molecule has 0 radical (unpaired) electrons. The second-order valence-electron chi connectivity index (χ2n) is 9.55. The molecule has 0 bridgehead atoms. The van der Waals surface area contributed by atoms with Gasteiger partial charge < -0.3 is 20.3 Å². The number of nitrogens with one attached hydrogen (secondary N) is 2. The van der Waals surface area contributed by atoms with E-state index in [1.807, 2.05) is 0 Å². The summed E-state index contributed by atoms with van der Waals surface area (Å²) >= 11 is 0. The fourth-order valence-corrected chi connectivity index (χ4v) is 5.63. The molecule has 2 saturated heterocycles. The summed E-state index contributed by atoms with van der Waals surface area (Å²) in [7, 11) is 0. The molecular formula is C25H41IN4O. The van der Waals surface area contributed by atoms with Crippen LogP contribution in [0.15, 0.2) is 35.3 Å². The van der Waals surface area contributed by atoms with Crippen molar-refractivity contribution in [1.29, 1.82) is 0 Å². The van der Waals surface area contributed by atoms with Gasteiger partial charge >= 0.3 is 0 Å². The number of likely N-dealkylation sites (tertiary alicyclic amines) is 1. The lowest BCUT2D eigenvalue weighted by atomic mass is 9.82. The van der Waals surface area contributed by atoms with Crippen molar-refractivity contribution >= 4 is 29.9 Å². The van der Waals surface area contributed by atoms with Gasteiger partial charge in [-0.05, 0) is 56.9 Å². The Morgan fingerprint density at radius 1 is 1.13 bits per heavy atom. The van der Waals surface area contributed by atoms with Gasteiger partial charge in [0.25, 0.3) is 0 Å². The van der Waals surface area contributed by atoms with Crippen molar-refractivity contribution in [2.45, 2.75) is 64.0 Å². The first kappa shape index (κ1) is 24.8. The van der Waals surface area contributed by atoms with Crippen molar-refractivity contribution in [1.82, 2.24) is 15.5 Å². The smallest absolute Gasteiger partial charge is 0.193 e. The van der Waals surface area contributed by atoms with Crippen molar-refractivity contribution in [2.24, 2.45) is 16.8 Å². The summed E-state index contributed by atoms with van der Waals surface area (Å²) in [6.07, 6.45) is 7.65. The molecule has 4 rings (SSSR count). The topological polar surface area (TPSA) is 48.9 Å². The van der Waals surface area contributed by atoms with Crippen LogP contribution in [-0.2, 0) is 4.74 Å². The molecule has 0 amide bonds. The maximum Gasteiger partial charge on any atom is 0.193 e. The van der Waals surface area contributed by atoms with E-state index < -0.39 is 0 Å². The summed E-state index contributed by atoms with van der Waals surface area (Å²) in [6, 6.07) is 11.1. The van der Waals surface area contributed by atoms with Crippen LogP contribution in [0.25, 0.3) is 0 Å². The zero-order valence-corrected chi connectivity index (χ0v) is 21.6. The minimum atomic E-state index is 0. The van der Waals surface area contributed by atoms with E-state index in [-0.39, 0.29) is 29.5 Å². The molecule has 2 N–H and O–H groups in total. The molecule has 1 aromatic carbocycles. The van der Waals surface area contributed by atoms with Gasteiger partial charge in [0.1, 0.15) is 0 Å². The van der Waals surface area contributed by atoms with E-state index in [2.05, 4.69) is 59.7 Å². The number of hydrogen-bond acceptors (Lipinski definition) is 3. The summed E-state index contributed by atoms with van der Waals surface area (Å²) in [4.78, 5) is 7.75. The van der Waals surface area contributed by atoms with Crippen LogP contribution in [0.4, 0.5) is 0 Å². The van der Waals surface area contributed by atoms with Crippen LogP contribution in [0, 0.1) is 11.8 Å². The lowest BCUT2D eigenvalue weighted by molar-refractivity contribution is 0.0373. The largest absolute Gasteiger partial charge is 0.381 e. The molecule has 0 aromatic heterocycles. The average molecular weight is 541 g/mol. The Hall–Kier alpha value is -0.860. The highest BCUT2D eigenvalue weighted by atomic mass is 127. The summed E-state index contributed by atoms with van der Waals surface area (Å²) < 4.78 is 5.72. The molecule has 174 valence electrons. The first-order valence-electron chi connectivity index (χ1n) is 12.1. The first-order valence-corrected chi connectivity index (χ1v) is 12.1.